The van der Waals surface area contributed by atoms with E-state index in [4.69, 9.17) is 4.52 Å². The molecule has 3 rings (SSSR count). The van der Waals surface area contributed by atoms with Crippen molar-refractivity contribution in [3.63, 3.8) is 0 Å². The minimum Gasteiger partial charge on any atom is -0.471 e. The number of benzene rings is 2. The van der Waals surface area contributed by atoms with Gasteiger partial charge < -0.3 is 4.52 Å². The van der Waals surface area contributed by atoms with Gasteiger partial charge in [0.2, 0.25) is 0 Å². The maximum absolute atomic E-state index is 6.26. The molecule has 0 amide bonds. The third kappa shape index (κ3) is 1.88. The molecule has 0 saturated heterocycles. The van der Waals surface area contributed by atoms with Gasteiger partial charge in [-0.1, -0.05) is 0 Å². The van der Waals surface area contributed by atoms with Gasteiger partial charge in [0.05, 0.1) is 0 Å². The maximum atomic E-state index is 6.26. The van der Waals surface area contributed by atoms with Gasteiger partial charge in [-0.2, -0.15) is 0 Å². The van der Waals surface area contributed by atoms with Crippen molar-refractivity contribution in [1.29, 1.82) is 0 Å². The lowest BCUT2D eigenvalue weighted by atomic mass is 9.84. The van der Waals surface area contributed by atoms with Crippen LogP contribution in [0.5, 0.6) is 5.75 Å². The van der Waals surface area contributed by atoms with E-state index in [1.165, 1.54) is 60.9 Å². The van der Waals surface area contributed by atoms with Crippen molar-refractivity contribution in [3.05, 3.63) is 44.5 Å². The van der Waals surface area contributed by atoms with E-state index in [0.29, 0.717) is 8.81 Å². The highest BCUT2D eigenvalue weighted by Crippen LogP contribution is 2.48. The molecule has 1 nitrogen and oxygen atoms in total. The molecule has 0 fully saturated rings. The third-order valence-electron chi connectivity index (χ3n) is 5.82. The Morgan fingerprint density at radius 3 is 1.55 bits per heavy atom. The topological polar surface area (TPSA) is 9.23 Å². The van der Waals surface area contributed by atoms with Gasteiger partial charge in [0, 0.05) is 10.9 Å². The highest BCUT2D eigenvalue weighted by atomic mass is 31.1. The molecular formula is C20H25OP. The molecule has 22 heavy (non-hydrogen) atoms. The number of fused-ring (bicyclic) bond motifs is 3. The SMILES string of the molecule is Cc1c(C)c(C)c2c(c1C)OPc1c(C)c(C)c(C)c(C)c1-2. The summed E-state index contributed by atoms with van der Waals surface area (Å²) in [7, 11) is 0.414. The second-order valence-electron chi connectivity index (χ2n) is 6.66. The van der Waals surface area contributed by atoms with Gasteiger partial charge in [0.25, 0.3) is 0 Å². The van der Waals surface area contributed by atoms with Crippen LogP contribution < -0.4 is 9.83 Å². The molecule has 1 heterocycles. The van der Waals surface area contributed by atoms with Crippen molar-refractivity contribution in [2.24, 2.45) is 0 Å². The van der Waals surface area contributed by atoms with Crippen LogP contribution in [0.1, 0.15) is 44.5 Å². The van der Waals surface area contributed by atoms with Crippen molar-refractivity contribution < 1.29 is 4.52 Å². The molecule has 2 aromatic carbocycles. The lowest BCUT2D eigenvalue weighted by Gasteiger charge is -2.30. The fourth-order valence-corrected chi connectivity index (χ4v) is 4.78. The van der Waals surface area contributed by atoms with Gasteiger partial charge in [-0.15, -0.1) is 0 Å². The molecule has 1 unspecified atom stereocenters. The normalized spacial score (nSPS) is 13.8. The van der Waals surface area contributed by atoms with Gasteiger partial charge in [0.15, 0.2) is 0 Å². The van der Waals surface area contributed by atoms with Gasteiger partial charge in [-0.25, -0.2) is 0 Å². The molecule has 2 heteroatoms. The molecule has 0 aromatic heterocycles. The molecular weight excluding hydrogens is 287 g/mol. The van der Waals surface area contributed by atoms with Gasteiger partial charge in [-0.05, 0) is 105 Å². The monoisotopic (exact) mass is 312 g/mol. The summed E-state index contributed by atoms with van der Waals surface area (Å²) in [6, 6.07) is 0. The van der Waals surface area contributed by atoms with Gasteiger partial charge in [-0.3, -0.25) is 0 Å². The molecule has 0 saturated carbocycles. The zero-order valence-electron chi connectivity index (χ0n) is 14.9. The predicted octanol–water partition coefficient (Wildman–Crippen LogP) is 5.43. The predicted molar refractivity (Wildman–Crippen MR) is 98.4 cm³/mol. The molecule has 1 aliphatic rings. The van der Waals surface area contributed by atoms with Crippen LogP contribution in [-0.4, -0.2) is 0 Å². The van der Waals surface area contributed by atoms with E-state index >= 15 is 0 Å². The zero-order chi connectivity index (χ0) is 16.3. The minimum atomic E-state index is 0.414. The molecule has 1 aliphatic heterocycles. The van der Waals surface area contributed by atoms with Crippen molar-refractivity contribution in [3.8, 4) is 16.9 Å². The molecule has 1 atom stereocenters. The van der Waals surface area contributed by atoms with Crippen molar-refractivity contribution in [1.82, 2.24) is 0 Å². The second kappa shape index (κ2) is 5.10. The summed E-state index contributed by atoms with van der Waals surface area (Å²) in [5, 5.41) is 1.40. The Labute approximate surface area is 136 Å². The molecule has 0 spiro atoms. The highest BCUT2D eigenvalue weighted by molar-refractivity contribution is 7.43. The molecule has 2 aromatic rings. The van der Waals surface area contributed by atoms with Crippen LogP contribution in [0.4, 0.5) is 0 Å². The van der Waals surface area contributed by atoms with E-state index < -0.39 is 0 Å². The van der Waals surface area contributed by atoms with Gasteiger partial charge >= 0.3 is 0 Å². The Balaban J connectivity index is 2.51. The average Bonchev–Trinajstić information content (AvgIpc) is 2.52. The van der Waals surface area contributed by atoms with Crippen LogP contribution in [0.3, 0.4) is 0 Å². The first kappa shape index (κ1) is 15.6. The van der Waals surface area contributed by atoms with E-state index in [0.717, 1.165) is 5.75 Å². The van der Waals surface area contributed by atoms with E-state index in [1.807, 2.05) is 0 Å². The van der Waals surface area contributed by atoms with E-state index in [2.05, 4.69) is 55.4 Å². The fourth-order valence-electron chi connectivity index (χ4n) is 3.56. The lowest BCUT2D eigenvalue weighted by molar-refractivity contribution is 0.628. The van der Waals surface area contributed by atoms with Crippen LogP contribution in [0.25, 0.3) is 11.1 Å². The Bertz CT molecular complexity index is 746. The molecule has 0 radical (unpaired) electrons. The maximum Gasteiger partial charge on any atom is 0.134 e. The minimum absolute atomic E-state index is 0.414. The number of hydrogen-bond acceptors (Lipinski definition) is 1. The molecule has 116 valence electrons. The number of rotatable bonds is 0. The summed E-state index contributed by atoms with van der Waals surface area (Å²) in [6.45, 7) is 17.9. The summed E-state index contributed by atoms with van der Waals surface area (Å²) in [6.07, 6.45) is 0. The first-order chi connectivity index (χ1) is 10.3. The Hall–Kier alpha value is -1.33. The van der Waals surface area contributed by atoms with Crippen molar-refractivity contribution in [2.45, 2.75) is 55.4 Å². The first-order valence-electron chi connectivity index (χ1n) is 7.91. The van der Waals surface area contributed by atoms with Gasteiger partial charge in [0.1, 0.15) is 14.6 Å². The quantitative estimate of drug-likeness (QED) is 0.589. The van der Waals surface area contributed by atoms with Crippen LogP contribution in [-0.2, 0) is 0 Å². The van der Waals surface area contributed by atoms with Crippen LogP contribution in [0.2, 0.25) is 0 Å². The summed E-state index contributed by atoms with van der Waals surface area (Å²) in [5.41, 5.74) is 13.8. The lowest BCUT2D eigenvalue weighted by Crippen LogP contribution is -2.18. The summed E-state index contributed by atoms with van der Waals surface area (Å²) in [4.78, 5) is 0. The Morgan fingerprint density at radius 2 is 0.955 bits per heavy atom. The van der Waals surface area contributed by atoms with Crippen LogP contribution in [0.15, 0.2) is 0 Å². The van der Waals surface area contributed by atoms with Crippen molar-refractivity contribution in [2.75, 3.05) is 0 Å². The summed E-state index contributed by atoms with van der Waals surface area (Å²) < 4.78 is 6.26. The van der Waals surface area contributed by atoms with E-state index in [9.17, 15) is 0 Å². The summed E-state index contributed by atoms with van der Waals surface area (Å²) in [5.74, 6) is 1.11. The fraction of sp³-hybridized carbons (Fsp3) is 0.400. The molecule has 0 bridgehead atoms. The largest absolute Gasteiger partial charge is 0.471 e. The molecule has 0 N–H and O–H groups in total. The van der Waals surface area contributed by atoms with Crippen LogP contribution >= 0.6 is 8.81 Å². The van der Waals surface area contributed by atoms with E-state index in [-0.39, 0.29) is 0 Å². The summed E-state index contributed by atoms with van der Waals surface area (Å²) >= 11 is 0. The Morgan fingerprint density at radius 1 is 0.500 bits per heavy atom. The number of hydrogen-bond donors (Lipinski definition) is 0. The third-order valence-corrected chi connectivity index (χ3v) is 6.96. The van der Waals surface area contributed by atoms with Crippen molar-refractivity contribution >= 4 is 14.1 Å². The standard InChI is InChI=1S/C20H25OP/c1-9-11(3)15(7)19-17(13(9)5)18-14(6)10(2)12(4)16(8)20(18)22-21-19/h22H,1-8H3. The average molecular weight is 312 g/mol. The van der Waals surface area contributed by atoms with Crippen LogP contribution in [0, 0.1) is 55.4 Å². The second-order valence-corrected chi connectivity index (χ2v) is 7.57. The van der Waals surface area contributed by atoms with E-state index in [1.54, 1.807) is 0 Å². The first-order valence-corrected chi connectivity index (χ1v) is 8.82. The zero-order valence-corrected chi connectivity index (χ0v) is 15.9. The highest BCUT2D eigenvalue weighted by Gasteiger charge is 2.28. The Kier molecular flexibility index (Phi) is 3.61. The smallest absolute Gasteiger partial charge is 0.134 e. The molecule has 0 aliphatic carbocycles.